The van der Waals surface area contributed by atoms with Gasteiger partial charge in [0.15, 0.2) is 0 Å². The lowest BCUT2D eigenvalue weighted by molar-refractivity contribution is -0.110. The van der Waals surface area contributed by atoms with E-state index >= 15 is 0 Å². The Hall–Kier alpha value is -3.75. The van der Waals surface area contributed by atoms with Gasteiger partial charge in [0, 0.05) is 67.7 Å². The zero-order valence-corrected chi connectivity index (χ0v) is 24.6. The van der Waals surface area contributed by atoms with Crippen molar-refractivity contribution < 1.29 is 9.90 Å². The van der Waals surface area contributed by atoms with Crippen LogP contribution in [0.5, 0.6) is 0 Å². The molecular formula is C34H42N6O2. The van der Waals surface area contributed by atoms with Crippen LogP contribution in [-0.2, 0) is 17.8 Å². The van der Waals surface area contributed by atoms with E-state index in [0.717, 1.165) is 73.6 Å². The Labute approximate surface area is 248 Å². The van der Waals surface area contributed by atoms with Crippen LogP contribution in [0, 0.1) is 11.3 Å². The van der Waals surface area contributed by atoms with Crippen molar-refractivity contribution in [1.82, 2.24) is 14.9 Å². The average Bonchev–Trinajstić information content (AvgIpc) is 3.53. The van der Waals surface area contributed by atoms with E-state index in [1.165, 1.54) is 38.3 Å². The minimum Gasteiger partial charge on any atom is -0.393 e. The van der Waals surface area contributed by atoms with Crippen molar-refractivity contribution in [2.45, 2.75) is 70.4 Å². The van der Waals surface area contributed by atoms with Crippen molar-refractivity contribution in [3.63, 3.8) is 0 Å². The van der Waals surface area contributed by atoms with Crippen LogP contribution < -0.4 is 5.32 Å². The predicted octanol–water partition coefficient (Wildman–Crippen LogP) is 5.67. The van der Waals surface area contributed by atoms with Crippen LogP contribution in [0.15, 0.2) is 60.0 Å². The molecule has 1 aliphatic carbocycles. The van der Waals surface area contributed by atoms with Crippen molar-refractivity contribution in [3.05, 3.63) is 77.4 Å². The van der Waals surface area contributed by atoms with Gasteiger partial charge >= 0.3 is 0 Å². The molecule has 1 aromatic carbocycles. The maximum Gasteiger partial charge on any atom is 0.274 e. The van der Waals surface area contributed by atoms with E-state index in [2.05, 4.69) is 31.2 Å². The topological polar surface area (TPSA) is 115 Å². The van der Waals surface area contributed by atoms with E-state index in [-0.39, 0.29) is 17.7 Å². The molecule has 0 atom stereocenters. The van der Waals surface area contributed by atoms with Crippen molar-refractivity contribution >= 4 is 23.5 Å². The predicted molar refractivity (Wildman–Crippen MR) is 168 cm³/mol. The Morgan fingerprint density at radius 1 is 1.07 bits per heavy atom. The summed E-state index contributed by atoms with van der Waals surface area (Å²) in [6, 6.07) is 11.7. The maximum absolute atomic E-state index is 13.4. The molecule has 8 heteroatoms. The average molecular weight is 567 g/mol. The minimum absolute atomic E-state index is 0.199. The number of amides is 1. The van der Waals surface area contributed by atoms with E-state index < -0.39 is 0 Å². The molecule has 2 fully saturated rings. The van der Waals surface area contributed by atoms with Crippen molar-refractivity contribution in [2.75, 3.05) is 25.5 Å². The fraction of sp³-hybridized carbons (Fsp3) is 0.441. The fourth-order valence-electron chi connectivity index (χ4n) is 6.19. The van der Waals surface area contributed by atoms with Gasteiger partial charge in [-0.25, -0.2) is 0 Å². The van der Waals surface area contributed by atoms with Gasteiger partial charge in [0.2, 0.25) is 0 Å². The Balaban J connectivity index is 1.26. The number of carbonyl (C=O) groups excluding carboxylic acids is 1. The number of anilines is 1. The molecule has 0 bridgehead atoms. The van der Waals surface area contributed by atoms with Gasteiger partial charge in [-0.1, -0.05) is 44.2 Å². The minimum atomic E-state index is -0.340. The number of likely N-dealkylation sites (tertiary alicyclic amines) is 1. The summed E-state index contributed by atoms with van der Waals surface area (Å²) in [4.78, 5) is 29.1. The van der Waals surface area contributed by atoms with Crippen LogP contribution in [0.25, 0.3) is 11.1 Å². The molecule has 3 N–H and O–H groups in total. The number of nitrogens with zero attached hydrogens (tertiary/aromatic N) is 4. The summed E-state index contributed by atoms with van der Waals surface area (Å²) in [5.41, 5.74) is 6.06. The number of nitrogens with one attached hydrogen (secondary N) is 2. The van der Waals surface area contributed by atoms with Gasteiger partial charge in [0.05, 0.1) is 18.0 Å². The number of aliphatic imine (C=N–C) groups is 1. The molecule has 5 rings (SSSR count). The van der Waals surface area contributed by atoms with E-state index in [1.807, 2.05) is 42.7 Å². The summed E-state index contributed by atoms with van der Waals surface area (Å²) >= 11 is 0. The summed E-state index contributed by atoms with van der Waals surface area (Å²) in [6.07, 6.45) is 16.9. The number of hydrogen-bond acceptors (Lipinski definition) is 7. The molecular weight excluding hydrogens is 524 g/mol. The largest absolute Gasteiger partial charge is 0.393 e. The lowest BCUT2D eigenvalue weighted by Gasteiger charge is -2.29. The fourth-order valence-corrected chi connectivity index (χ4v) is 6.19. The summed E-state index contributed by atoms with van der Waals surface area (Å²) in [7, 11) is 1.60. The molecule has 3 aromatic rings. The quantitative estimate of drug-likeness (QED) is 0.259. The number of pyridine rings is 2. The van der Waals surface area contributed by atoms with Gasteiger partial charge in [-0.05, 0) is 67.0 Å². The first-order chi connectivity index (χ1) is 20.5. The number of aliphatic hydroxyl groups excluding tert-OH is 1. The molecule has 8 nitrogen and oxygen atoms in total. The van der Waals surface area contributed by atoms with Crippen molar-refractivity contribution in [2.24, 2.45) is 10.9 Å². The van der Waals surface area contributed by atoms with E-state index in [9.17, 15) is 9.90 Å². The first-order valence-electron chi connectivity index (χ1n) is 15.2. The zero-order valence-electron chi connectivity index (χ0n) is 24.6. The third kappa shape index (κ3) is 7.75. The number of rotatable bonds is 11. The number of benzene rings is 1. The third-order valence-corrected chi connectivity index (χ3v) is 8.60. The summed E-state index contributed by atoms with van der Waals surface area (Å²) in [5, 5.41) is 20.7. The van der Waals surface area contributed by atoms with Crippen molar-refractivity contribution in [3.8, 4) is 11.1 Å². The highest BCUT2D eigenvalue weighted by molar-refractivity contribution is 6.49. The number of hydrogen-bond donors (Lipinski definition) is 3. The molecule has 1 aliphatic heterocycles. The number of aryl methyl sites for hydroxylation is 1. The highest BCUT2D eigenvalue weighted by atomic mass is 16.3. The summed E-state index contributed by atoms with van der Waals surface area (Å²) in [6.45, 7) is 2.51. The van der Waals surface area contributed by atoms with Crippen LogP contribution in [0.1, 0.15) is 73.8 Å². The van der Waals surface area contributed by atoms with Crippen molar-refractivity contribution in [1.29, 1.82) is 5.41 Å². The first kappa shape index (κ1) is 29.7. The molecule has 3 heterocycles. The zero-order chi connectivity index (χ0) is 29.3. The van der Waals surface area contributed by atoms with Crippen LogP contribution in [-0.4, -0.2) is 64.0 Å². The standard InChI is InChI=1S/C34H42N6O2/c1-36-33(34(42)39-30-12-11-29(38-22-30)8-4-7-24-5-2-3-6-24)32-18-26(9-10-27(32)19-35)28-17-25(20-37-21-28)23-40-15-13-31(41)14-16-40/h9-12,17-22,24,31,35,41H,2-8,13-16,23H2,1H3,(H,39,42). The number of aliphatic hydroxyl groups is 1. The molecule has 0 unspecified atom stereocenters. The SMILES string of the molecule is CN=C(C(=O)Nc1ccc(CCCC2CCCC2)nc1)c1cc(-c2cncc(CN3CCC(O)CC3)c2)ccc1C=N. The molecule has 1 saturated heterocycles. The molecule has 42 heavy (non-hydrogen) atoms. The van der Waals surface area contributed by atoms with Gasteiger partial charge in [0.1, 0.15) is 5.71 Å². The molecule has 2 aromatic heterocycles. The highest BCUT2D eigenvalue weighted by Crippen LogP contribution is 2.29. The Kier molecular flexibility index (Phi) is 10.2. The van der Waals surface area contributed by atoms with Crippen LogP contribution in [0.3, 0.4) is 0 Å². The van der Waals surface area contributed by atoms with E-state index in [4.69, 9.17) is 5.41 Å². The number of piperidine rings is 1. The maximum atomic E-state index is 13.4. The smallest absolute Gasteiger partial charge is 0.274 e. The normalized spacial score (nSPS) is 17.0. The molecule has 1 amide bonds. The van der Waals surface area contributed by atoms with E-state index in [1.54, 1.807) is 13.2 Å². The molecule has 2 aliphatic rings. The second kappa shape index (κ2) is 14.4. The van der Waals surface area contributed by atoms with Crippen LogP contribution in [0.4, 0.5) is 5.69 Å². The summed E-state index contributed by atoms with van der Waals surface area (Å²) < 4.78 is 0. The van der Waals surface area contributed by atoms with Gasteiger partial charge in [0.25, 0.3) is 5.91 Å². The van der Waals surface area contributed by atoms with Crippen LogP contribution >= 0.6 is 0 Å². The second-order valence-electron chi connectivity index (χ2n) is 11.6. The molecule has 1 saturated carbocycles. The second-order valence-corrected chi connectivity index (χ2v) is 11.6. The lowest BCUT2D eigenvalue weighted by atomic mass is 9.96. The first-order valence-corrected chi connectivity index (χ1v) is 15.2. The van der Waals surface area contributed by atoms with Crippen LogP contribution in [0.2, 0.25) is 0 Å². The van der Waals surface area contributed by atoms with Gasteiger partial charge < -0.3 is 15.8 Å². The highest BCUT2D eigenvalue weighted by Gasteiger charge is 2.20. The van der Waals surface area contributed by atoms with E-state index in [0.29, 0.717) is 16.8 Å². The number of aromatic nitrogens is 2. The number of carbonyl (C=O) groups is 1. The van der Waals surface area contributed by atoms with Gasteiger partial charge in [-0.3, -0.25) is 24.7 Å². The Bertz CT molecular complexity index is 1390. The Morgan fingerprint density at radius 3 is 2.60 bits per heavy atom. The lowest BCUT2D eigenvalue weighted by Crippen LogP contribution is -2.35. The molecule has 0 radical (unpaired) electrons. The Morgan fingerprint density at radius 2 is 1.88 bits per heavy atom. The molecule has 220 valence electrons. The monoisotopic (exact) mass is 566 g/mol. The molecule has 0 spiro atoms. The summed E-state index contributed by atoms with van der Waals surface area (Å²) in [5.74, 6) is 0.544. The van der Waals surface area contributed by atoms with Gasteiger partial charge in [-0.15, -0.1) is 0 Å². The third-order valence-electron chi connectivity index (χ3n) is 8.60. The van der Waals surface area contributed by atoms with Gasteiger partial charge in [-0.2, -0.15) is 0 Å².